The molecule has 1 aliphatic carbocycles. The molecule has 0 aromatic heterocycles. The van der Waals surface area contributed by atoms with Gasteiger partial charge in [-0.3, -0.25) is 24.7 Å². The third kappa shape index (κ3) is 3.79. The quantitative estimate of drug-likeness (QED) is 0.418. The molecular formula is C24H22N2O5. The van der Waals surface area contributed by atoms with Crippen LogP contribution in [0.3, 0.4) is 0 Å². The van der Waals surface area contributed by atoms with Crippen LogP contribution in [0.1, 0.15) is 42.7 Å². The largest absolute Gasteiger partial charge is 0.468 e. The number of hydrogen-bond donors (Lipinski definition) is 0. The van der Waals surface area contributed by atoms with Crippen molar-refractivity contribution in [3.63, 3.8) is 0 Å². The molecule has 31 heavy (non-hydrogen) atoms. The van der Waals surface area contributed by atoms with E-state index in [2.05, 4.69) is 4.99 Å². The van der Waals surface area contributed by atoms with E-state index in [9.17, 15) is 19.7 Å². The molecule has 1 unspecified atom stereocenters. The molecule has 158 valence electrons. The fourth-order valence-corrected chi connectivity index (χ4v) is 4.64. The monoisotopic (exact) mass is 418 g/mol. The van der Waals surface area contributed by atoms with Gasteiger partial charge in [0.15, 0.2) is 5.78 Å². The number of esters is 1. The van der Waals surface area contributed by atoms with Crippen molar-refractivity contribution in [3.05, 3.63) is 87.1 Å². The van der Waals surface area contributed by atoms with Crippen LogP contribution in [0.15, 0.2) is 70.9 Å². The first kappa shape index (κ1) is 20.7. The van der Waals surface area contributed by atoms with Crippen LogP contribution in [-0.2, 0) is 14.3 Å². The molecule has 0 amide bonds. The molecule has 3 atom stereocenters. The average molecular weight is 418 g/mol. The molecule has 2 aromatic rings. The van der Waals surface area contributed by atoms with Crippen molar-refractivity contribution in [1.29, 1.82) is 0 Å². The number of rotatable bonds is 4. The molecule has 1 heterocycles. The minimum atomic E-state index is -0.803. The maximum absolute atomic E-state index is 13.4. The first-order chi connectivity index (χ1) is 14.9. The Morgan fingerprint density at radius 1 is 1.10 bits per heavy atom. The summed E-state index contributed by atoms with van der Waals surface area (Å²) >= 11 is 0. The lowest BCUT2D eigenvalue weighted by Gasteiger charge is -2.36. The van der Waals surface area contributed by atoms with Crippen molar-refractivity contribution < 1.29 is 19.2 Å². The van der Waals surface area contributed by atoms with E-state index in [1.54, 1.807) is 19.1 Å². The number of ether oxygens (including phenoxy) is 1. The highest BCUT2D eigenvalue weighted by Crippen LogP contribution is 2.47. The van der Waals surface area contributed by atoms with Crippen LogP contribution in [0, 0.1) is 16.0 Å². The van der Waals surface area contributed by atoms with Gasteiger partial charge in [-0.2, -0.15) is 0 Å². The number of nitro benzene ring substituents is 1. The van der Waals surface area contributed by atoms with Gasteiger partial charge in [-0.1, -0.05) is 42.5 Å². The number of methoxy groups -OCH3 is 1. The molecule has 0 spiro atoms. The Morgan fingerprint density at radius 3 is 2.48 bits per heavy atom. The molecule has 0 radical (unpaired) electrons. The van der Waals surface area contributed by atoms with Crippen LogP contribution in [0.2, 0.25) is 0 Å². The number of non-ortho nitro benzene ring substituents is 1. The SMILES string of the molecule is COC(=O)C1C(C)=NC2=C(C(=O)C[C@H](c3ccccc3)C2)[C@H]1c1cccc([N+](=O)[O-])c1. The van der Waals surface area contributed by atoms with Crippen molar-refractivity contribution in [1.82, 2.24) is 0 Å². The van der Waals surface area contributed by atoms with Crippen LogP contribution >= 0.6 is 0 Å². The van der Waals surface area contributed by atoms with Gasteiger partial charge in [-0.15, -0.1) is 0 Å². The number of carbonyl (C=O) groups excluding carboxylic acids is 2. The van der Waals surface area contributed by atoms with Crippen molar-refractivity contribution in [2.45, 2.75) is 31.6 Å². The smallest absolute Gasteiger partial charge is 0.315 e. The van der Waals surface area contributed by atoms with E-state index in [1.807, 2.05) is 30.3 Å². The zero-order chi connectivity index (χ0) is 22.1. The van der Waals surface area contributed by atoms with Crippen LogP contribution < -0.4 is 0 Å². The van der Waals surface area contributed by atoms with Gasteiger partial charge >= 0.3 is 5.97 Å². The Morgan fingerprint density at radius 2 is 1.81 bits per heavy atom. The predicted molar refractivity (Wildman–Crippen MR) is 115 cm³/mol. The number of nitro groups is 1. The molecule has 0 saturated heterocycles. The van der Waals surface area contributed by atoms with Crippen molar-refractivity contribution >= 4 is 23.2 Å². The third-order valence-electron chi connectivity index (χ3n) is 6.05. The summed E-state index contributed by atoms with van der Waals surface area (Å²) in [5, 5.41) is 11.3. The lowest BCUT2D eigenvalue weighted by Crippen LogP contribution is -2.37. The van der Waals surface area contributed by atoms with E-state index in [-0.39, 0.29) is 17.4 Å². The number of aliphatic imine (C=N–C) groups is 1. The highest BCUT2D eigenvalue weighted by Gasteiger charge is 2.44. The van der Waals surface area contributed by atoms with Gasteiger partial charge in [0.05, 0.1) is 12.0 Å². The molecule has 0 N–H and O–H groups in total. The summed E-state index contributed by atoms with van der Waals surface area (Å²) < 4.78 is 5.01. The Kier molecular flexibility index (Phi) is 5.50. The van der Waals surface area contributed by atoms with Crippen LogP contribution in [-0.4, -0.2) is 29.5 Å². The summed E-state index contributed by atoms with van der Waals surface area (Å²) in [5.41, 5.74) is 3.18. The average Bonchev–Trinajstić information content (AvgIpc) is 2.78. The van der Waals surface area contributed by atoms with Crippen molar-refractivity contribution in [2.75, 3.05) is 7.11 Å². The normalized spacial score (nSPS) is 23.1. The lowest BCUT2D eigenvalue weighted by atomic mass is 9.69. The van der Waals surface area contributed by atoms with E-state index in [0.29, 0.717) is 35.4 Å². The summed E-state index contributed by atoms with van der Waals surface area (Å²) in [7, 11) is 1.29. The second-order valence-electron chi connectivity index (χ2n) is 7.88. The number of carbonyl (C=O) groups is 2. The molecule has 7 nitrogen and oxygen atoms in total. The number of nitrogens with zero attached hydrogens (tertiary/aromatic N) is 2. The second kappa shape index (κ2) is 8.26. The molecule has 1 aliphatic heterocycles. The number of allylic oxidation sites excluding steroid dienone is 2. The third-order valence-corrected chi connectivity index (χ3v) is 6.05. The van der Waals surface area contributed by atoms with Gasteiger partial charge in [0.1, 0.15) is 5.92 Å². The second-order valence-corrected chi connectivity index (χ2v) is 7.88. The molecule has 4 rings (SSSR count). The predicted octanol–water partition coefficient (Wildman–Crippen LogP) is 4.34. The van der Waals surface area contributed by atoms with E-state index in [1.165, 1.54) is 19.2 Å². The summed E-state index contributed by atoms with van der Waals surface area (Å²) in [4.78, 5) is 41.5. The number of ketones is 1. The van der Waals surface area contributed by atoms with E-state index in [4.69, 9.17) is 4.74 Å². The fraction of sp³-hybridized carbons (Fsp3) is 0.292. The first-order valence-corrected chi connectivity index (χ1v) is 10.1. The van der Waals surface area contributed by atoms with Crippen molar-refractivity contribution in [3.8, 4) is 0 Å². The lowest BCUT2D eigenvalue weighted by molar-refractivity contribution is -0.384. The topological polar surface area (TPSA) is 98.9 Å². The minimum Gasteiger partial charge on any atom is -0.468 e. The molecular weight excluding hydrogens is 396 g/mol. The van der Waals surface area contributed by atoms with Gasteiger partial charge in [0.2, 0.25) is 0 Å². The Balaban J connectivity index is 1.84. The summed E-state index contributed by atoms with van der Waals surface area (Å²) in [6, 6.07) is 15.9. The maximum Gasteiger partial charge on any atom is 0.315 e. The zero-order valence-electron chi connectivity index (χ0n) is 17.3. The Bertz CT molecular complexity index is 1120. The first-order valence-electron chi connectivity index (χ1n) is 10.1. The summed E-state index contributed by atoms with van der Waals surface area (Å²) in [6.45, 7) is 1.74. The Labute approximate surface area is 179 Å². The molecule has 0 bridgehead atoms. The number of benzene rings is 2. The fourth-order valence-electron chi connectivity index (χ4n) is 4.64. The van der Waals surface area contributed by atoms with Crippen LogP contribution in [0.25, 0.3) is 0 Å². The molecule has 2 aliphatic rings. The number of Topliss-reactive ketones (excluding diaryl/α,β-unsaturated/α-hetero) is 1. The summed E-state index contributed by atoms with van der Waals surface area (Å²) in [5.74, 6) is -2.06. The maximum atomic E-state index is 13.4. The zero-order valence-corrected chi connectivity index (χ0v) is 17.3. The summed E-state index contributed by atoms with van der Waals surface area (Å²) in [6.07, 6.45) is 0.873. The van der Waals surface area contributed by atoms with E-state index in [0.717, 1.165) is 5.56 Å². The standard InChI is InChI=1S/C24H22N2O5/c1-14-21(24(28)31-2)22(16-9-6-10-18(11-16)26(29)30)23-19(25-14)12-17(13-20(23)27)15-7-4-3-5-8-15/h3-11,17,21-22H,12-13H2,1-2H3/t17-,21?,22+/m1/s1. The molecule has 2 aromatic carbocycles. The minimum absolute atomic E-state index is 0.00411. The highest BCUT2D eigenvalue weighted by molar-refractivity contribution is 6.09. The molecule has 0 saturated carbocycles. The highest BCUT2D eigenvalue weighted by atomic mass is 16.6. The van der Waals surface area contributed by atoms with Gasteiger partial charge in [-0.05, 0) is 30.4 Å². The van der Waals surface area contributed by atoms with Gasteiger partial charge in [-0.25, -0.2) is 0 Å². The van der Waals surface area contributed by atoms with E-state index < -0.39 is 22.7 Å². The van der Waals surface area contributed by atoms with Crippen LogP contribution in [0.5, 0.6) is 0 Å². The molecule has 7 heteroatoms. The van der Waals surface area contributed by atoms with E-state index >= 15 is 0 Å². The van der Waals surface area contributed by atoms with Gasteiger partial charge < -0.3 is 4.74 Å². The van der Waals surface area contributed by atoms with Crippen LogP contribution in [0.4, 0.5) is 5.69 Å². The number of hydrogen-bond acceptors (Lipinski definition) is 6. The van der Waals surface area contributed by atoms with Gasteiger partial charge in [0, 0.05) is 41.5 Å². The molecule has 0 fully saturated rings. The van der Waals surface area contributed by atoms with Gasteiger partial charge in [0.25, 0.3) is 5.69 Å². The Hall–Kier alpha value is -3.61. The van der Waals surface area contributed by atoms with Crippen molar-refractivity contribution in [2.24, 2.45) is 10.9 Å².